The maximum Gasteiger partial charge on any atom is 0.302 e. The summed E-state index contributed by atoms with van der Waals surface area (Å²) in [5.74, 6) is -0.658. The molecule has 0 radical (unpaired) electrons. The number of pyridine rings is 1. The molecule has 1 atom stereocenters. The highest BCUT2D eigenvalue weighted by Gasteiger charge is 2.48. The molecule has 0 saturated carbocycles. The number of Topliss-reactive ketones (excluding diaryl/α,β-unsaturated/α-hetero) is 1. The standard InChI is InChI=1S/C29H26N4O5/c1-37-22-13-20-21(14-23(22)38-2)32-29(31-20)33-25(19-8-5-11-30-15-19)24(27(35)28(33)36)26(34)18-10-9-16-6-3-4-7-17(16)12-18/h5,8-15,25,34H,3-4,6-7H2,1-2H3,(H,31,32)/b26-24+. The van der Waals surface area contributed by atoms with Gasteiger partial charge in [0.2, 0.25) is 5.95 Å². The summed E-state index contributed by atoms with van der Waals surface area (Å²) in [6.45, 7) is 0. The van der Waals surface area contributed by atoms with E-state index in [-0.39, 0.29) is 17.3 Å². The number of rotatable bonds is 5. The van der Waals surface area contributed by atoms with Gasteiger partial charge in [0.1, 0.15) is 5.76 Å². The van der Waals surface area contributed by atoms with Crippen molar-refractivity contribution in [1.29, 1.82) is 0 Å². The second-order valence-electron chi connectivity index (χ2n) is 9.43. The molecule has 2 aromatic carbocycles. The number of aromatic amines is 1. The van der Waals surface area contributed by atoms with Crippen molar-refractivity contribution in [2.75, 3.05) is 19.1 Å². The lowest BCUT2D eigenvalue weighted by molar-refractivity contribution is -0.132. The summed E-state index contributed by atoms with van der Waals surface area (Å²) in [7, 11) is 3.06. The van der Waals surface area contributed by atoms with Crippen molar-refractivity contribution in [3.8, 4) is 11.5 Å². The fourth-order valence-corrected chi connectivity index (χ4v) is 5.38. The third kappa shape index (κ3) is 3.78. The van der Waals surface area contributed by atoms with Crippen molar-refractivity contribution in [2.24, 2.45) is 0 Å². The Morgan fingerprint density at radius 2 is 1.79 bits per heavy atom. The Balaban J connectivity index is 1.52. The van der Waals surface area contributed by atoms with Gasteiger partial charge in [0, 0.05) is 30.1 Å². The average molecular weight is 511 g/mol. The molecule has 0 bridgehead atoms. The molecule has 2 aromatic heterocycles. The van der Waals surface area contributed by atoms with E-state index in [1.165, 1.54) is 24.7 Å². The molecule has 6 rings (SSSR count). The number of methoxy groups -OCH3 is 2. The van der Waals surface area contributed by atoms with E-state index in [0.29, 0.717) is 33.7 Å². The van der Waals surface area contributed by atoms with Gasteiger partial charge in [-0.25, -0.2) is 4.98 Å². The number of fused-ring (bicyclic) bond motifs is 2. The van der Waals surface area contributed by atoms with Crippen LogP contribution in [0.5, 0.6) is 11.5 Å². The van der Waals surface area contributed by atoms with E-state index in [0.717, 1.165) is 31.2 Å². The Labute approximate surface area is 218 Å². The highest BCUT2D eigenvalue weighted by atomic mass is 16.5. The van der Waals surface area contributed by atoms with Crippen LogP contribution >= 0.6 is 0 Å². The van der Waals surface area contributed by atoms with Gasteiger partial charge in [-0.2, -0.15) is 0 Å². The van der Waals surface area contributed by atoms with E-state index in [2.05, 4.69) is 15.0 Å². The molecule has 3 heterocycles. The number of hydrogen-bond donors (Lipinski definition) is 2. The third-order valence-electron chi connectivity index (χ3n) is 7.27. The lowest BCUT2D eigenvalue weighted by Crippen LogP contribution is -2.30. The number of aliphatic hydroxyl groups excluding tert-OH is 1. The van der Waals surface area contributed by atoms with Crippen molar-refractivity contribution in [3.05, 3.63) is 82.7 Å². The first kappa shape index (κ1) is 23.7. The highest BCUT2D eigenvalue weighted by Crippen LogP contribution is 2.42. The monoisotopic (exact) mass is 510 g/mol. The number of anilines is 1. The Bertz CT molecular complexity index is 1570. The Kier molecular flexibility index (Phi) is 5.83. The number of imidazole rings is 1. The molecule has 1 aliphatic carbocycles. The van der Waals surface area contributed by atoms with Crippen LogP contribution in [0.15, 0.2) is 60.4 Å². The summed E-state index contributed by atoms with van der Waals surface area (Å²) < 4.78 is 10.8. The molecule has 9 heteroatoms. The summed E-state index contributed by atoms with van der Waals surface area (Å²) in [6, 6.07) is 11.7. The van der Waals surface area contributed by atoms with E-state index >= 15 is 0 Å². The molecule has 4 aromatic rings. The quantitative estimate of drug-likeness (QED) is 0.231. The molecular formula is C29H26N4O5. The van der Waals surface area contributed by atoms with Crippen LogP contribution in [0.2, 0.25) is 0 Å². The van der Waals surface area contributed by atoms with Crippen molar-refractivity contribution in [3.63, 3.8) is 0 Å². The van der Waals surface area contributed by atoms with Crippen LogP contribution < -0.4 is 14.4 Å². The molecule has 1 unspecified atom stereocenters. The summed E-state index contributed by atoms with van der Waals surface area (Å²) in [5.41, 5.74) is 4.61. The maximum atomic E-state index is 13.5. The normalized spacial score (nSPS) is 18.6. The zero-order valence-electron chi connectivity index (χ0n) is 21.0. The molecule has 9 nitrogen and oxygen atoms in total. The maximum absolute atomic E-state index is 13.5. The van der Waals surface area contributed by atoms with Crippen LogP contribution in [0.4, 0.5) is 5.95 Å². The minimum atomic E-state index is -0.927. The number of ether oxygens (including phenoxy) is 2. The third-order valence-corrected chi connectivity index (χ3v) is 7.27. The largest absolute Gasteiger partial charge is 0.507 e. The first-order valence-electron chi connectivity index (χ1n) is 12.4. The van der Waals surface area contributed by atoms with Crippen molar-refractivity contribution >= 4 is 34.4 Å². The van der Waals surface area contributed by atoms with Crippen molar-refractivity contribution in [2.45, 2.75) is 31.7 Å². The second-order valence-corrected chi connectivity index (χ2v) is 9.43. The molecule has 1 amide bonds. The zero-order chi connectivity index (χ0) is 26.4. The highest BCUT2D eigenvalue weighted by molar-refractivity contribution is 6.51. The van der Waals surface area contributed by atoms with Crippen LogP contribution in [0.1, 0.15) is 41.1 Å². The smallest absolute Gasteiger partial charge is 0.302 e. The summed E-state index contributed by atoms with van der Waals surface area (Å²) in [4.78, 5) is 40.2. The number of nitrogens with zero attached hydrogens (tertiary/aromatic N) is 3. The fourth-order valence-electron chi connectivity index (χ4n) is 5.38. The predicted molar refractivity (Wildman–Crippen MR) is 141 cm³/mol. The first-order valence-corrected chi connectivity index (χ1v) is 12.4. The number of carbonyl (C=O) groups excluding carboxylic acids is 2. The fraction of sp³-hybridized carbons (Fsp3) is 0.241. The van der Waals surface area contributed by atoms with Gasteiger partial charge in [0.15, 0.2) is 11.5 Å². The average Bonchev–Trinajstić information content (AvgIpc) is 3.49. The topological polar surface area (TPSA) is 118 Å². The number of H-pyrrole nitrogens is 1. The van der Waals surface area contributed by atoms with E-state index in [1.54, 1.807) is 36.7 Å². The lowest BCUT2D eigenvalue weighted by atomic mass is 9.89. The number of hydrogen-bond acceptors (Lipinski definition) is 7. The van der Waals surface area contributed by atoms with E-state index in [1.807, 2.05) is 18.2 Å². The summed E-state index contributed by atoms with van der Waals surface area (Å²) >= 11 is 0. The van der Waals surface area contributed by atoms with Gasteiger partial charge in [0.25, 0.3) is 5.78 Å². The van der Waals surface area contributed by atoms with Gasteiger partial charge in [-0.05, 0) is 54.5 Å². The second kappa shape index (κ2) is 9.33. The molecule has 1 aliphatic heterocycles. The van der Waals surface area contributed by atoms with Crippen molar-refractivity contribution < 1.29 is 24.2 Å². The minimum absolute atomic E-state index is 0.00521. The number of amides is 1. The number of aliphatic hydroxyl groups is 1. The van der Waals surface area contributed by atoms with Gasteiger partial charge < -0.3 is 19.6 Å². The predicted octanol–water partition coefficient (Wildman–Crippen LogP) is 4.48. The Morgan fingerprint density at radius 1 is 1.03 bits per heavy atom. The summed E-state index contributed by atoms with van der Waals surface area (Å²) in [6.07, 6.45) is 7.33. The number of nitrogens with one attached hydrogen (secondary N) is 1. The molecule has 2 aliphatic rings. The Morgan fingerprint density at radius 3 is 2.53 bits per heavy atom. The number of carbonyl (C=O) groups is 2. The van der Waals surface area contributed by atoms with E-state index in [4.69, 9.17) is 9.47 Å². The molecule has 1 saturated heterocycles. The summed E-state index contributed by atoms with van der Waals surface area (Å²) in [5, 5.41) is 11.5. The minimum Gasteiger partial charge on any atom is -0.507 e. The van der Waals surface area contributed by atoms with Crippen LogP contribution in [0.25, 0.3) is 16.8 Å². The molecular weight excluding hydrogens is 484 g/mol. The Hall–Kier alpha value is -4.66. The van der Waals surface area contributed by atoms with Gasteiger partial charge in [-0.1, -0.05) is 18.2 Å². The van der Waals surface area contributed by atoms with Crippen LogP contribution in [-0.2, 0) is 22.4 Å². The lowest BCUT2D eigenvalue weighted by Gasteiger charge is -2.23. The number of benzene rings is 2. The molecule has 1 fully saturated rings. The van der Waals surface area contributed by atoms with Crippen molar-refractivity contribution in [1.82, 2.24) is 15.0 Å². The van der Waals surface area contributed by atoms with Gasteiger partial charge >= 0.3 is 5.91 Å². The van der Waals surface area contributed by atoms with Crippen LogP contribution in [-0.4, -0.2) is 46.0 Å². The molecule has 2 N–H and O–H groups in total. The van der Waals surface area contributed by atoms with Gasteiger partial charge in [-0.15, -0.1) is 0 Å². The number of aromatic nitrogens is 3. The number of aryl methyl sites for hydroxylation is 2. The van der Waals surface area contributed by atoms with Gasteiger partial charge in [0.05, 0.1) is 36.9 Å². The van der Waals surface area contributed by atoms with Crippen LogP contribution in [0, 0.1) is 0 Å². The number of ketones is 1. The van der Waals surface area contributed by atoms with E-state index < -0.39 is 17.7 Å². The SMILES string of the molecule is COc1cc2nc(N3C(=O)C(=O)/C(=C(/O)c4ccc5c(c4)CCCC5)C3c3cccnc3)[nH]c2cc1OC. The molecule has 192 valence electrons. The van der Waals surface area contributed by atoms with Crippen LogP contribution in [0.3, 0.4) is 0 Å². The molecule has 38 heavy (non-hydrogen) atoms. The van der Waals surface area contributed by atoms with Gasteiger partial charge in [-0.3, -0.25) is 19.5 Å². The first-order chi connectivity index (χ1) is 18.5. The zero-order valence-corrected chi connectivity index (χ0v) is 21.0. The van der Waals surface area contributed by atoms with E-state index in [9.17, 15) is 14.7 Å². The molecule has 0 spiro atoms.